The Balaban J connectivity index is 1.61. The summed E-state index contributed by atoms with van der Waals surface area (Å²) in [6, 6.07) is 3.66. The van der Waals surface area contributed by atoms with Gasteiger partial charge in [0.25, 0.3) is 5.91 Å². The first-order chi connectivity index (χ1) is 13.5. The molecule has 0 bridgehead atoms. The van der Waals surface area contributed by atoms with Gasteiger partial charge >= 0.3 is 0 Å². The number of rotatable bonds is 7. The highest BCUT2D eigenvalue weighted by Gasteiger charge is 2.28. The van der Waals surface area contributed by atoms with Crippen LogP contribution < -0.4 is 9.47 Å². The van der Waals surface area contributed by atoms with Crippen LogP contribution >= 0.6 is 11.3 Å². The molecule has 1 saturated heterocycles. The number of amides is 1. The van der Waals surface area contributed by atoms with Gasteiger partial charge in [0.15, 0.2) is 0 Å². The van der Waals surface area contributed by atoms with Gasteiger partial charge in [0.1, 0.15) is 29.2 Å². The molecule has 3 heterocycles. The van der Waals surface area contributed by atoms with Crippen molar-refractivity contribution in [2.45, 2.75) is 39.7 Å². The van der Waals surface area contributed by atoms with Gasteiger partial charge in [-0.3, -0.25) is 4.79 Å². The van der Waals surface area contributed by atoms with Crippen molar-refractivity contribution in [1.82, 2.24) is 14.9 Å². The Morgan fingerprint density at radius 1 is 1.39 bits per heavy atom. The van der Waals surface area contributed by atoms with Gasteiger partial charge in [-0.25, -0.2) is 4.98 Å². The molecule has 8 heteroatoms. The maximum atomic E-state index is 12.9. The van der Waals surface area contributed by atoms with Gasteiger partial charge in [0, 0.05) is 24.2 Å². The second kappa shape index (κ2) is 9.34. The van der Waals surface area contributed by atoms with E-state index in [9.17, 15) is 4.79 Å². The first-order valence-electron chi connectivity index (χ1n) is 9.57. The van der Waals surface area contributed by atoms with Gasteiger partial charge in [-0.2, -0.15) is 4.98 Å². The lowest BCUT2D eigenvalue weighted by atomic mass is 10.2. The van der Waals surface area contributed by atoms with Crippen LogP contribution in [-0.4, -0.2) is 59.8 Å². The molecule has 3 rings (SSSR count). The number of aryl methyl sites for hydroxylation is 1. The Bertz CT molecular complexity index is 808. The van der Waals surface area contributed by atoms with Crippen LogP contribution in [0.2, 0.25) is 0 Å². The average Bonchev–Trinajstić information content (AvgIpc) is 3.14. The van der Waals surface area contributed by atoms with Crippen molar-refractivity contribution in [3.8, 4) is 11.6 Å². The first kappa shape index (κ1) is 20.5. The molecule has 1 unspecified atom stereocenters. The van der Waals surface area contributed by atoms with E-state index in [1.54, 1.807) is 4.90 Å². The van der Waals surface area contributed by atoms with Gasteiger partial charge in [-0.1, -0.05) is 13.8 Å². The van der Waals surface area contributed by atoms with E-state index in [1.807, 2.05) is 45.2 Å². The minimum Gasteiger partial charge on any atom is -0.492 e. The SMILES string of the molecule is CCOc1ccsc1C(=O)N1CCOC(COc2cc(C)nc(C(C)C)n2)C1. The molecule has 1 aliphatic rings. The maximum absolute atomic E-state index is 12.9. The number of carbonyl (C=O) groups excluding carboxylic acids is 1. The molecule has 1 amide bonds. The minimum absolute atomic E-state index is 0.0216. The minimum atomic E-state index is -0.203. The number of ether oxygens (including phenoxy) is 3. The summed E-state index contributed by atoms with van der Waals surface area (Å²) in [4.78, 5) is 24.2. The van der Waals surface area contributed by atoms with E-state index in [0.29, 0.717) is 49.4 Å². The first-order valence-corrected chi connectivity index (χ1v) is 10.5. The van der Waals surface area contributed by atoms with E-state index in [-0.39, 0.29) is 17.9 Å². The molecule has 2 aromatic heterocycles. The van der Waals surface area contributed by atoms with Crippen LogP contribution in [0, 0.1) is 6.92 Å². The summed E-state index contributed by atoms with van der Waals surface area (Å²) < 4.78 is 17.2. The van der Waals surface area contributed by atoms with Crippen LogP contribution in [0.5, 0.6) is 11.6 Å². The van der Waals surface area contributed by atoms with Gasteiger partial charge in [0.05, 0.1) is 19.8 Å². The quantitative estimate of drug-likeness (QED) is 0.704. The fourth-order valence-electron chi connectivity index (χ4n) is 2.94. The predicted octanol–water partition coefficient (Wildman–Crippen LogP) is 3.29. The number of aromatic nitrogens is 2. The molecular formula is C20H27N3O4S. The van der Waals surface area contributed by atoms with Crippen LogP contribution in [0.1, 0.15) is 47.9 Å². The van der Waals surface area contributed by atoms with Crippen molar-refractivity contribution in [3.05, 3.63) is 33.9 Å². The lowest BCUT2D eigenvalue weighted by Gasteiger charge is -2.32. The standard InChI is InChI=1S/C20H27N3O4S/c1-5-25-16-6-9-28-18(16)20(24)23-7-8-26-15(11-23)12-27-17-10-14(4)21-19(22-17)13(2)3/h6,9-10,13,15H,5,7-8,11-12H2,1-4H3. The molecule has 0 N–H and O–H groups in total. The number of hydrogen-bond donors (Lipinski definition) is 0. The van der Waals surface area contributed by atoms with E-state index in [1.165, 1.54) is 11.3 Å². The number of nitrogens with zero attached hydrogens (tertiary/aromatic N) is 3. The second-order valence-electron chi connectivity index (χ2n) is 6.96. The molecule has 1 fully saturated rings. The van der Waals surface area contributed by atoms with Crippen molar-refractivity contribution < 1.29 is 19.0 Å². The van der Waals surface area contributed by atoms with Gasteiger partial charge < -0.3 is 19.1 Å². The van der Waals surface area contributed by atoms with E-state index >= 15 is 0 Å². The van der Waals surface area contributed by atoms with Crippen LogP contribution in [0.15, 0.2) is 17.5 Å². The van der Waals surface area contributed by atoms with E-state index in [0.717, 1.165) is 11.5 Å². The lowest BCUT2D eigenvalue weighted by Crippen LogP contribution is -2.47. The van der Waals surface area contributed by atoms with Crippen molar-refractivity contribution in [2.24, 2.45) is 0 Å². The smallest absolute Gasteiger partial charge is 0.267 e. The Morgan fingerprint density at radius 3 is 2.96 bits per heavy atom. The summed E-state index contributed by atoms with van der Waals surface area (Å²) in [6.45, 7) is 10.3. The van der Waals surface area contributed by atoms with E-state index in [2.05, 4.69) is 9.97 Å². The van der Waals surface area contributed by atoms with Crippen molar-refractivity contribution >= 4 is 17.2 Å². The van der Waals surface area contributed by atoms with E-state index < -0.39 is 0 Å². The van der Waals surface area contributed by atoms with Gasteiger partial charge in [0.2, 0.25) is 5.88 Å². The third-order valence-electron chi connectivity index (χ3n) is 4.33. The van der Waals surface area contributed by atoms with Crippen LogP contribution in [0.25, 0.3) is 0 Å². The summed E-state index contributed by atoms with van der Waals surface area (Å²) in [5.41, 5.74) is 0.871. The molecule has 28 heavy (non-hydrogen) atoms. The highest BCUT2D eigenvalue weighted by Crippen LogP contribution is 2.27. The molecule has 1 atom stereocenters. The van der Waals surface area contributed by atoms with Crippen LogP contribution in [-0.2, 0) is 4.74 Å². The zero-order chi connectivity index (χ0) is 20.1. The zero-order valence-corrected chi connectivity index (χ0v) is 17.6. The summed E-state index contributed by atoms with van der Waals surface area (Å²) >= 11 is 1.40. The van der Waals surface area contributed by atoms with Crippen molar-refractivity contribution in [2.75, 3.05) is 32.9 Å². The van der Waals surface area contributed by atoms with Crippen LogP contribution in [0.4, 0.5) is 0 Å². The molecule has 0 aromatic carbocycles. The van der Waals surface area contributed by atoms with Gasteiger partial charge in [-0.15, -0.1) is 11.3 Å². The molecule has 7 nitrogen and oxygen atoms in total. The molecule has 0 saturated carbocycles. The molecule has 152 valence electrons. The highest BCUT2D eigenvalue weighted by atomic mass is 32.1. The molecule has 0 spiro atoms. The third-order valence-corrected chi connectivity index (χ3v) is 5.21. The number of morpholine rings is 1. The van der Waals surface area contributed by atoms with E-state index in [4.69, 9.17) is 14.2 Å². The fraction of sp³-hybridized carbons (Fsp3) is 0.550. The summed E-state index contributed by atoms with van der Waals surface area (Å²) in [5.74, 6) is 2.16. The predicted molar refractivity (Wildman–Crippen MR) is 107 cm³/mol. The second-order valence-corrected chi connectivity index (χ2v) is 7.88. The van der Waals surface area contributed by atoms with Crippen LogP contribution in [0.3, 0.4) is 0 Å². The summed E-state index contributed by atoms with van der Waals surface area (Å²) in [7, 11) is 0. The molecule has 2 aromatic rings. The summed E-state index contributed by atoms with van der Waals surface area (Å²) in [6.07, 6.45) is -0.203. The highest BCUT2D eigenvalue weighted by molar-refractivity contribution is 7.12. The lowest BCUT2D eigenvalue weighted by molar-refractivity contribution is -0.0407. The Hall–Kier alpha value is -2.19. The third kappa shape index (κ3) is 4.99. The molecular weight excluding hydrogens is 378 g/mol. The van der Waals surface area contributed by atoms with Crippen molar-refractivity contribution in [1.29, 1.82) is 0 Å². The Kier molecular flexibility index (Phi) is 6.85. The molecule has 0 aliphatic carbocycles. The zero-order valence-electron chi connectivity index (χ0n) is 16.8. The number of hydrogen-bond acceptors (Lipinski definition) is 7. The average molecular weight is 406 g/mol. The molecule has 1 aliphatic heterocycles. The normalized spacial score (nSPS) is 17.0. The largest absolute Gasteiger partial charge is 0.492 e. The number of carbonyl (C=O) groups is 1. The molecule has 0 radical (unpaired) electrons. The summed E-state index contributed by atoms with van der Waals surface area (Å²) in [5, 5.41) is 1.88. The van der Waals surface area contributed by atoms with Crippen molar-refractivity contribution in [3.63, 3.8) is 0 Å². The fourth-order valence-corrected chi connectivity index (χ4v) is 3.74. The monoisotopic (exact) mass is 405 g/mol. The topological polar surface area (TPSA) is 73.8 Å². The Labute approximate surface area is 169 Å². The van der Waals surface area contributed by atoms with Gasteiger partial charge in [-0.05, 0) is 25.3 Å². The number of thiophene rings is 1. The maximum Gasteiger partial charge on any atom is 0.267 e. The Morgan fingerprint density at radius 2 is 2.21 bits per heavy atom.